The highest BCUT2D eigenvalue weighted by atomic mass is 35.5. The van der Waals surface area contributed by atoms with Crippen molar-refractivity contribution in [3.63, 3.8) is 0 Å². The Hall–Kier alpha value is -3.42. The van der Waals surface area contributed by atoms with E-state index in [4.69, 9.17) is 21.1 Å². The Labute approximate surface area is 213 Å². The predicted octanol–water partition coefficient (Wildman–Crippen LogP) is 2.98. The molecule has 3 aromatic heterocycles. The fourth-order valence-electron chi connectivity index (χ4n) is 3.67. The first kappa shape index (κ1) is 25.7. The lowest BCUT2D eigenvalue weighted by Crippen LogP contribution is -2.32. The predicted molar refractivity (Wildman–Crippen MR) is 135 cm³/mol. The van der Waals surface area contributed by atoms with E-state index >= 15 is 0 Å². The fraction of sp³-hybridized carbons (Fsp3) is 0.364. The molecule has 0 saturated heterocycles. The highest BCUT2D eigenvalue weighted by Gasteiger charge is 2.34. The number of halogens is 1. The van der Waals surface area contributed by atoms with Crippen LogP contribution in [0.15, 0.2) is 47.8 Å². The molecule has 36 heavy (non-hydrogen) atoms. The Balaban J connectivity index is 1.79. The van der Waals surface area contributed by atoms with Crippen LogP contribution in [0.4, 0.5) is 5.95 Å². The molecule has 0 aromatic carbocycles. The lowest BCUT2D eigenvalue weighted by Gasteiger charge is -2.25. The number of methoxy groups -OCH3 is 2. The third-order valence-electron chi connectivity index (χ3n) is 5.83. The van der Waals surface area contributed by atoms with Crippen molar-refractivity contribution in [2.45, 2.75) is 37.5 Å². The number of aliphatic imine (C=N–C) groups is 1. The zero-order valence-electron chi connectivity index (χ0n) is 20.0. The Kier molecular flexibility index (Phi) is 7.62. The molecule has 0 aliphatic carbocycles. The molecule has 190 valence electrons. The van der Waals surface area contributed by atoms with Gasteiger partial charge in [-0.2, -0.15) is 0 Å². The molecule has 1 unspecified atom stereocenters. The molecule has 12 nitrogen and oxygen atoms in total. The Morgan fingerprint density at radius 3 is 2.56 bits per heavy atom. The molecule has 1 aliphatic heterocycles. The van der Waals surface area contributed by atoms with Gasteiger partial charge in [-0.1, -0.05) is 18.5 Å². The number of anilines is 1. The van der Waals surface area contributed by atoms with Crippen LogP contribution in [0.2, 0.25) is 5.02 Å². The van der Waals surface area contributed by atoms with E-state index in [1.807, 2.05) is 0 Å². The minimum Gasteiger partial charge on any atom is -0.480 e. The van der Waals surface area contributed by atoms with Gasteiger partial charge in [0.25, 0.3) is 0 Å². The maximum absolute atomic E-state index is 13.5. The summed E-state index contributed by atoms with van der Waals surface area (Å²) in [6, 6.07) is 3.53. The largest absolute Gasteiger partial charge is 0.480 e. The van der Waals surface area contributed by atoms with Gasteiger partial charge in [-0.05, 0) is 19.1 Å². The highest BCUT2D eigenvalue weighted by Crippen LogP contribution is 2.33. The maximum Gasteiger partial charge on any atom is 0.243 e. The molecule has 1 N–H and O–H groups in total. The summed E-state index contributed by atoms with van der Waals surface area (Å²) in [5.41, 5.74) is 1.06. The van der Waals surface area contributed by atoms with Crippen molar-refractivity contribution in [2.24, 2.45) is 4.99 Å². The Morgan fingerprint density at radius 2 is 1.92 bits per heavy atom. The summed E-state index contributed by atoms with van der Waals surface area (Å²) in [6.45, 7) is 3.29. The summed E-state index contributed by atoms with van der Waals surface area (Å²) in [5, 5.41) is 7.87. The average Bonchev–Trinajstić information content (AvgIpc) is 3.30. The second kappa shape index (κ2) is 10.7. The molecule has 0 bridgehead atoms. The lowest BCUT2D eigenvalue weighted by molar-refractivity contribution is 0.143. The summed E-state index contributed by atoms with van der Waals surface area (Å²) in [4.78, 5) is 16.8. The molecule has 3 aromatic rings. The van der Waals surface area contributed by atoms with Crippen molar-refractivity contribution in [1.29, 1.82) is 0 Å². The number of hydrogen-bond acceptors (Lipinski definition) is 10. The molecule has 0 saturated carbocycles. The van der Waals surface area contributed by atoms with Crippen molar-refractivity contribution in [3.05, 3.63) is 53.7 Å². The molecule has 0 spiro atoms. The van der Waals surface area contributed by atoms with E-state index in [9.17, 15) is 8.42 Å². The molecule has 14 heteroatoms. The number of ether oxygens (including phenoxy) is 2. The quantitative estimate of drug-likeness (QED) is 0.439. The van der Waals surface area contributed by atoms with E-state index in [2.05, 4.69) is 34.9 Å². The van der Waals surface area contributed by atoms with Crippen LogP contribution >= 0.6 is 11.6 Å². The van der Waals surface area contributed by atoms with Crippen LogP contribution in [0.1, 0.15) is 32.0 Å². The van der Waals surface area contributed by atoms with Crippen molar-refractivity contribution >= 4 is 39.5 Å². The number of pyridine rings is 1. The first-order valence-electron chi connectivity index (χ1n) is 11.0. The molecule has 4 rings (SSSR count). The number of hydrogen-bond donors (Lipinski definition) is 1. The van der Waals surface area contributed by atoms with Gasteiger partial charge in [0.1, 0.15) is 17.6 Å². The van der Waals surface area contributed by atoms with E-state index in [0.717, 1.165) is 0 Å². The minimum atomic E-state index is -3.99. The second-order valence-electron chi connectivity index (χ2n) is 7.99. The van der Waals surface area contributed by atoms with Crippen LogP contribution in [0, 0.1) is 0 Å². The second-order valence-corrected chi connectivity index (χ2v) is 10.5. The van der Waals surface area contributed by atoms with E-state index in [-0.39, 0.29) is 11.8 Å². The maximum atomic E-state index is 13.5. The van der Waals surface area contributed by atoms with Crippen LogP contribution in [-0.4, -0.2) is 69.9 Å². The van der Waals surface area contributed by atoms with E-state index < -0.39 is 27.3 Å². The number of nitrogens with one attached hydrogen (secondary N) is 1. The molecule has 1 aliphatic rings. The third kappa shape index (κ3) is 5.08. The normalized spacial score (nSPS) is 17.6. The van der Waals surface area contributed by atoms with Crippen LogP contribution in [-0.2, 0) is 19.5 Å². The summed E-state index contributed by atoms with van der Waals surface area (Å²) in [6.07, 6.45) is 7.70. The van der Waals surface area contributed by atoms with Crippen molar-refractivity contribution in [2.75, 3.05) is 18.9 Å². The molecule has 4 heterocycles. The molecular formula is C22H25ClN8O4S. The van der Waals surface area contributed by atoms with E-state index in [0.29, 0.717) is 34.4 Å². The standard InChI is InChI=1S/C22H25ClN8O4S/c1-13(19-26-11-16(23)12-27-19)14(2)36(32,33)30-22-29-28-20(15-6-5-8-24-10-15)31(22)18-17(34-3)7-9-25-21(18)35-4/h5-6,8-14,17H,7H2,1-4H3,(H,29,30)/t13-,14-,17?/m0/s1. The topological polar surface area (TPSA) is 146 Å². The molecular weight excluding hydrogens is 508 g/mol. The first-order valence-corrected chi connectivity index (χ1v) is 12.9. The average molecular weight is 533 g/mol. The zero-order valence-corrected chi connectivity index (χ0v) is 21.6. The molecule has 0 radical (unpaired) electrons. The van der Waals surface area contributed by atoms with Crippen molar-refractivity contribution in [1.82, 2.24) is 29.7 Å². The summed E-state index contributed by atoms with van der Waals surface area (Å²) in [7, 11) is -0.977. The lowest BCUT2D eigenvalue weighted by atomic mass is 10.1. The number of rotatable bonds is 9. The van der Waals surface area contributed by atoms with Gasteiger partial charge in [-0.25, -0.2) is 23.4 Å². The van der Waals surface area contributed by atoms with E-state index in [1.165, 1.54) is 24.1 Å². The summed E-state index contributed by atoms with van der Waals surface area (Å²) in [5.74, 6) is 0.336. The van der Waals surface area contributed by atoms with Gasteiger partial charge in [0, 0.05) is 56.0 Å². The van der Waals surface area contributed by atoms with Gasteiger partial charge >= 0.3 is 0 Å². The van der Waals surface area contributed by atoms with Crippen LogP contribution < -0.4 is 4.72 Å². The fourth-order valence-corrected chi connectivity index (χ4v) is 5.00. The molecule has 0 fully saturated rings. The monoisotopic (exact) mass is 532 g/mol. The number of sulfonamides is 1. The SMILES string of the molecule is COC1=C(n2c(NS(=O)(=O)[C@@H](C)[C@H](C)c3ncc(Cl)cn3)nnc2-c2cccnc2)C(OC)CC=N1. The molecule has 3 atom stereocenters. The number of nitrogens with zero attached hydrogens (tertiary/aromatic N) is 7. The van der Waals surface area contributed by atoms with Crippen LogP contribution in [0.25, 0.3) is 17.1 Å². The van der Waals surface area contributed by atoms with Crippen molar-refractivity contribution in [3.8, 4) is 11.4 Å². The Morgan fingerprint density at radius 1 is 1.17 bits per heavy atom. The zero-order chi connectivity index (χ0) is 25.9. The molecule has 0 amide bonds. The van der Waals surface area contributed by atoms with Gasteiger partial charge in [-0.15, -0.1) is 10.2 Å². The first-order chi connectivity index (χ1) is 17.3. The summed E-state index contributed by atoms with van der Waals surface area (Å²) < 4.78 is 42.2. The highest BCUT2D eigenvalue weighted by molar-refractivity contribution is 7.93. The van der Waals surface area contributed by atoms with Gasteiger partial charge < -0.3 is 9.47 Å². The minimum absolute atomic E-state index is 0.0476. The smallest absolute Gasteiger partial charge is 0.243 e. The van der Waals surface area contributed by atoms with Gasteiger partial charge in [0.05, 0.1) is 17.4 Å². The Bertz CT molecular complexity index is 1380. The van der Waals surface area contributed by atoms with Crippen LogP contribution in [0.5, 0.6) is 0 Å². The van der Waals surface area contributed by atoms with Gasteiger partial charge in [-0.3, -0.25) is 14.3 Å². The van der Waals surface area contributed by atoms with Crippen LogP contribution in [0.3, 0.4) is 0 Å². The van der Waals surface area contributed by atoms with E-state index in [1.54, 1.807) is 51.7 Å². The summed E-state index contributed by atoms with van der Waals surface area (Å²) >= 11 is 5.87. The van der Waals surface area contributed by atoms with Gasteiger partial charge in [0.15, 0.2) is 5.82 Å². The number of aromatic nitrogens is 6. The van der Waals surface area contributed by atoms with Gasteiger partial charge in [0.2, 0.25) is 21.9 Å². The van der Waals surface area contributed by atoms with Crippen molar-refractivity contribution < 1.29 is 17.9 Å². The third-order valence-corrected chi connectivity index (χ3v) is 7.88.